The van der Waals surface area contributed by atoms with Crippen LogP contribution in [0.4, 0.5) is 5.69 Å². The highest BCUT2D eigenvalue weighted by atomic mass is 79.9. The molecule has 5 nitrogen and oxygen atoms in total. The summed E-state index contributed by atoms with van der Waals surface area (Å²) in [7, 11) is 0. The summed E-state index contributed by atoms with van der Waals surface area (Å²) in [5.41, 5.74) is 1.86. The molecule has 0 saturated carbocycles. The number of carbonyl (C=O) groups excluding carboxylic acids is 1. The number of benzene rings is 2. The predicted octanol–water partition coefficient (Wildman–Crippen LogP) is 4.06. The predicted molar refractivity (Wildman–Crippen MR) is 86.6 cm³/mol. The molecule has 1 N–H and O–H groups in total. The lowest BCUT2D eigenvalue weighted by Gasteiger charge is -2.09. The van der Waals surface area contributed by atoms with Crippen molar-refractivity contribution in [1.29, 1.82) is 0 Å². The van der Waals surface area contributed by atoms with Crippen LogP contribution in [-0.2, 0) is 0 Å². The van der Waals surface area contributed by atoms with E-state index in [2.05, 4.69) is 31.4 Å². The van der Waals surface area contributed by atoms with Crippen molar-refractivity contribution >= 4 is 27.5 Å². The topological polar surface area (TPSA) is 68.0 Å². The van der Waals surface area contributed by atoms with Crippen LogP contribution in [0.2, 0.25) is 0 Å². The Morgan fingerprint density at radius 1 is 1.14 bits per heavy atom. The smallest absolute Gasteiger partial charge is 0.260 e. The number of halogens is 1. The van der Waals surface area contributed by atoms with Gasteiger partial charge in [-0.25, -0.2) is 0 Å². The minimum Gasteiger partial charge on any atom is -0.334 e. The zero-order chi connectivity index (χ0) is 15.5. The second-order valence-corrected chi connectivity index (χ2v) is 5.48. The number of anilines is 1. The van der Waals surface area contributed by atoms with Crippen LogP contribution < -0.4 is 5.32 Å². The molecule has 0 fully saturated rings. The lowest BCUT2D eigenvalue weighted by atomic mass is 10.1. The van der Waals surface area contributed by atoms with Crippen LogP contribution in [0.25, 0.3) is 11.5 Å². The fraction of sp³-hybridized carbons (Fsp3) is 0.0625. The standard InChI is InChI=1S/C16H12BrN3O2/c1-10-18-16(22-20-10)12-7-3-5-9-14(12)19-15(21)11-6-2-4-8-13(11)17/h2-9H,1H3,(H,19,21). The number of aromatic nitrogens is 2. The Kier molecular flexibility index (Phi) is 4.02. The summed E-state index contributed by atoms with van der Waals surface area (Å²) in [6, 6.07) is 14.5. The molecule has 0 aliphatic heterocycles. The molecule has 22 heavy (non-hydrogen) atoms. The first kappa shape index (κ1) is 14.5. The molecule has 110 valence electrons. The molecule has 3 aromatic rings. The Morgan fingerprint density at radius 2 is 1.86 bits per heavy atom. The SMILES string of the molecule is Cc1noc(-c2ccccc2NC(=O)c2ccccc2Br)n1. The van der Waals surface area contributed by atoms with Gasteiger partial charge in [-0.1, -0.05) is 29.4 Å². The zero-order valence-electron chi connectivity index (χ0n) is 11.7. The Bertz CT molecular complexity index is 830. The molecule has 6 heteroatoms. The van der Waals surface area contributed by atoms with Gasteiger partial charge >= 0.3 is 0 Å². The number of amides is 1. The first-order valence-electron chi connectivity index (χ1n) is 6.61. The number of aryl methyl sites for hydroxylation is 1. The van der Waals surface area contributed by atoms with E-state index >= 15 is 0 Å². The van der Waals surface area contributed by atoms with Crippen molar-refractivity contribution in [2.45, 2.75) is 6.92 Å². The molecule has 0 aliphatic carbocycles. The summed E-state index contributed by atoms with van der Waals surface area (Å²) >= 11 is 3.38. The lowest BCUT2D eigenvalue weighted by Crippen LogP contribution is -2.13. The van der Waals surface area contributed by atoms with Crippen molar-refractivity contribution in [2.75, 3.05) is 5.32 Å². The number of nitrogens with zero attached hydrogens (tertiary/aromatic N) is 2. The molecule has 1 amide bonds. The van der Waals surface area contributed by atoms with Crippen LogP contribution in [-0.4, -0.2) is 16.0 Å². The summed E-state index contributed by atoms with van der Waals surface area (Å²) in [6.07, 6.45) is 0. The minimum atomic E-state index is -0.212. The Labute approximate surface area is 135 Å². The highest BCUT2D eigenvalue weighted by molar-refractivity contribution is 9.10. The number of hydrogen-bond acceptors (Lipinski definition) is 4. The maximum absolute atomic E-state index is 12.4. The molecule has 1 heterocycles. The van der Waals surface area contributed by atoms with Crippen molar-refractivity contribution in [2.24, 2.45) is 0 Å². The van der Waals surface area contributed by atoms with E-state index in [4.69, 9.17) is 4.52 Å². The van der Waals surface area contributed by atoms with Gasteiger partial charge in [0, 0.05) is 4.47 Å². The van der Waals surface area contributed by atoms with E-state index in [0.717, 1.165) is 4.47 Å². The zero-order valence-corrected chi connectivity index (χ0v) is 13.3. The van der Waals surface area contributed by atoms with Crippen LogP contribution in [0.1, 0.15) is 16.2 Å². The molecular formula is C16H12BrN3O2. The molecule has 0 radical (unpaired) electrons. The second kappa shape index (κ2) is 6.11. The Hall–Kier alpha value is -2.47. The molecule has 0 atom stereocenters. The van der Waals surface area contributed by atoms with Gasteiger partial charge in [0.15, 0.2) is 5.82 Å². The number of para-hydroxylation sites is 1. The molecule has 0 unspecified atom stereocenters. The van der Waals surface area contributed by atoms with Gasteiger partial charge in [0.2, 0.25) is 0 Å². The van der Waals surface area contributed by atoms with Crippen LogP contribution in [0.3, 0.4) is 0 Å². The highest BCUT2D eigenvalue weighted by Gasteiger charge is 2.15. The van der Waals surface area contributed by atoms with Crippen molar-refractivity contribution in [1.82, 2.24) is 10.1 Å². The van der Waals surface area contributed by atoms with Gasteiger partial charge in [-0.2, -0.15) is 4.98 Å². The number of nitrogens with one attached hydrogen (secondary N) is 1. The van der Waals surface area contributed by atoms with Crippen LogP contribution in [0, 0.1) is 6.92 Å². The van der Waals surface area contributed by atoms with Crippen LogP contribution in [0.15, 0.2) is 57.5 Å². The third-order valence-corrected chi connectivity index (χ3v) is 3.74. The highest BCUT2D eigenvalue weighted by Crippen LogP contribution is 2.27. The molecule has 0 bridgehead atoms. The molecule has 0 aliphatic rings. The molecule has 2 aromatic carbocycles. The van der Waals surface area contributed by atoms with E-state index in [-0.39, 0.29) is 5.91 Å². The van der Waals surface area contributed by atoms with E-state index < -0.39 is 0 Å². The molecule has 1 aromatic heterocycles. The summed E-state index contributed by atoms with van der Waals surface area (Å²) in [5, 5.41) is 6.66. The van der Waals surface area contributed by atoms with Gasteiger partial charge < -0.3 is 9.84 Å². The summed E-state index contributed by atoms with van der Waals surface area (Å²) in [5.74, 6) is 0.707. The monoisotopic (exact) mass is 357 g/mol. The van der Waals surface area contributed by atoms with Crippen molar-refractivity contribution in [3.63, 3.8) is 0 Å². The van der Waals surface area contributed by atoms with E-state index in [0.29, 0.717) is 28.5 Å². The first-order chi connectivity index (χ1) is 10.6. The van der Waals surface area contributed by atoms with Crippen LogP contribution >= 0.6 is 15.9 Å². The van der Waals surface area contributed by atoms with E-state index in [1.807, 2.05) is 36.4 Å². The third-order valence-electron chi connectivity index (χ3n) is 3.05. The van der Waals surface area contributed by atoms with Crippen molar-refractivity contribution < 1.29 is 9.32 Å². The quantitative estimate of drug-likeness (QED) is 0.767. The summed E-state index contributed by atoms with van der Waals surface area (Å²) < 4.78 is 5.92. The van der Waals surface area contributed by atoms with Gasteiger partial charge in [0.25, 0.3) is 11.8 Å². The largest absolute Gasteiger partial charge is 0.334 e. The minimum absolute atomic E-state index is 0.212. The average molecular weight is 358 g/mol. The maximum Gasteiger partial charge on any atom is 0.260 e. The normalized spacial score (nSPS) is 10.5. The van der Waals surface area contributed by atoms with Gasteiger partial charge in [-0.3, -0.25) is 4.79 Å². The summed E-state index contributed by atoms with van der Waals surface area (Å²) in [4.78, 5) is 16.6. The van der Waals surface area contributed by atoms with Crippen molar-refractivity contribution in [3.8, 4) is 11.5 Å². The molecule has 0 spiro atoms. The Balaban J connectivity index is 1.93. The Morgan fingerprint density at radius 3 is 2.59 bits per heavy atom. The van der Waals surface area contributed by atoms with E-state index in [1.165, 1.54) is 0 Å². The van der Waals surface area contributed by atoms with Gasteiger partial charge in [0.05, 0.1) is 16.8 Å². The second-order valence-electron chi connectivity index (χ2n) is 4.63. The maximum atomic E-state index is 12.4. The van der Waals surface area contributed by atoms with Crippen molar-refractivity contribution in [3.05, 3.63) is 64.4 Å². The fourth-order valence-corrected chi connectivity index (χ4v) is 2.48. The first-order valence-corrected chi connectivity index (χ1v) is 7.40. The van der Waals surface area contributed by atoms with Gasteiger partial charge in [-0.15, -0.1) is 0 Å². The summed E-state index contributed by atoms with van der Waals surface area (Å²) in [6.45, 7) is 1.75. The third kappa shape index (κ3) is 2.92. The fourth-order valence-electron chi connectivity index (χ4n) is 2.02. The average Bonchev–Trinajstić information content (AvgIpc) is 2.94. The van der Waals surface area contributed by atoms with Gasteiger partial charge in [-0.05, 0) is 47.1 Å². The van der Waals surface area contributed by atoms with E-state index in [9.17, 15) is 4.79 Å². The molecule has 0 saturated heterocycles. The van der Waals surface area contributed by atoms with Gasteiger partial charge in [0.1, 0.15) is 0 Å². The number of rotatable bonds is 3. The molecule has 3 rings (SSSR count). The number of hydrogen-bond donors (Lipinski definition) is 1. The molecular weight excluding hydrogens is 346 g/mol. The lowest BCUT2D eigenvalue weighted by molar-refractivity contribution is 0.102. The van der Waals surface area contributed by atoms with E-state index in [1.54, 1.807) is 19.1 Å². The number of carbonyl (C=O) groups is 1. The van der Waals surface area contributed by atoms with Crippen LogP contribution in [0.5, 0.6) is 0 Å².